The Morgan fingerprint density at radius 2 is 2.00 bits per heavy atom. The summed E-state index contributed by atoms with van der Waals surface area (Å²) in [6.45, 7) is 9.64. The number of halogens is 1. The van der Waals surface area contributed by atoms with Crippen LogP contribution in [0.15, 0.2) is 4.99 Å². The number of thiazole rings is 1. The number of carbonyl (C=O) groups is 1. The van der Waals surface area contributed by atoms with Gasteiger partial charge in [0.1, 0.15) is 6.54 Å². The Balaban J connectivity index is 0.00000288. The SMILES string of the molecule is CCNC(=NCC(=O)N1CCCC1)NCCc1sc(C)nc1C.I. The molecule has 2 rings (SSSR count). The molecule has 1 aliphatic heterocycles. The molecule has 0 aliphatic carbocycles. The Hall–Kier alpha value is -0.900. The lowest BCUT2D eigenvalue weighted by Crippen LogP contribution is -2.39. The molecule has 0 bridgehead atoms. The van der Waals surface area contributed by atoms with E-state index in [1.54, 1.807) is 11.3 Å². The number of aromatic nitrogens is 1. The summed E-state index contributed by atoms with van der Waals surface area (Å²) in [5.74, 6) is 0.826. The lowest BCUT2D eigenvalue weighted by molar-refractivity contribution is -0.128. The van der Waals surface area contributed by atoms with Crippen LogP contribution in [-0.2, 0) is 11.2 Å². The average molecular weight is 465 g/mol. The molecule has 1 amide bonds. The topological polar surface area (TPSA) is 69.6 Å². The van der Waals surface area contributed by atoms with Crippen molar-refractivity contribution in [3.05, 3.63) is 15.6 Å². The molecule has 1 fully saturated rings. The first-order valence-electron chi connectivity index (χ1n) is 8.33. The third-order valence-corrected chi connectivity index (χ3v) is 4.95. The molecular weight excluding hydrogens is 437 g/mol. The molecule has 6 nitrogen and oxygen atoms in total. The highest BCUT2D eigenvalue weighted by Crippen LogP contribution is 2.17. The Kier molecular flexibility index (Phi) is 9.57. The van der Waals surface area contributed by atoms with Gasteiger partial charge in [-0.25, -0.2) is 9.98 Å². The van der Waals surface area contributed by atoms with Crippen LogP contribution in [0.3, 0.4) is 0 Å². The molecule has 1 aromatic rings. The molecule has 136 valence electrons. The number of nitrogens with one attached hydrogen (secondary N) is 2. The predicted octanol–water partition coefficient (Wildman–Crippen LogP) is 2.10. The summed E-state index contributed by atoms with van der Waals surface area (Å²) in [7, 11) is 0. The zero-order chi connectivity index (χ0) is 16.7. The fraction of sp³-hybridized carbons (Fsp3) is 0.688. The first-order valence-corrected chi connectivity index (χ1v) is 9.14. The van der Waals surface area contributed by atoms with Crippen molar-refractivity contribution >= 4 is 47.2 Å². The van der Waals surface area contributed by atoms with Gasteiger partial charge in [0.2, 0.25) is 5.91 Å². The van der Waals surface area contributed by atoms with Gasteiger partial charge in [-0.3, -0.25) is 4.79 Å². The van der Waals surface area contributed by atoms with E-state index in [0.717, 1.165) is 56.1 Å². The predicted molar refractivity (Wildman–Crippen MR) is 111 cm³/mol. The number of nitrogens with zero attached hydrogens (tertiary/aromatic N) is 3. The number of rotatable bonds is 6. The van der Waals surface area contributed by atoms with Gasteiger partial charge in [0.05, 0.1) is 10.7 Å². The highest BCUT2D eigenvalue weighted by atomic mass is 127. The minimum Gasteiger partial charge on any atom is -0.357 e. The molecule has 8 heteroatoms. The number of hydrogen-bond donors (Lipinski definition) is 2. The van der Waals surface area contributed by atoms with Crippen LogP contribution in [-0.4, -0.2) is 54.5 Å². The summed E-state index contributed by atoms with van der Waals surface area (Å²) in [5, 5.41) is 7.60. The lowest BCUT2D eigenvalue weighted by Gasteiger charge is -2.15. The maximum atomic E-state index is 12.1. The number of hydrogen-bond acceptors (Lipinski definition) is 4. The largest absolute Gasteiger partial charge is 0.357 e. The fourth-order valence-electron chi connectivity index (χ4n) is 2.65. The zero-order valence-corrected chi connectivity index (χ0v) is 17.9. The van der Waals surface area contributed by atoms with E-state index in [1.807, 2.05) is 25.7 Å². The first kappa shape index (κ1) is 21.1. The van der Waals surface area contributed by atoms with Crippen molar-refractivity contribution < 1.29 is 4.79 Å². The minimum absolute atomic E-state index is 0. The number of likely N-dealkylation sites (tertiary alicyclic amines) is 1. The highest BCUT2D eigenvalue weighted by Gasteiger charge is 2.17. The van der Waals surface area contributed by atoms with E-state index in [9.17, 15) is 4.79 Å². The second-order valence-corrected chi connectivity index (χ2v) is 6.99. The van der Waals surface area contributed by atoms with E-state index < -0.39 is 0 Å². The van der Waals surface area contributed by atoms with Gasteiger partial charge in [0.25, 0.3) is 0 Å². The maximum absolute atomic E-state index is 12.1. The molecule has 1 aliphatic rings. The molecule has 0 radical (unpaired) electrons. The van der Waals surface area contributed by atoms with Crippen molar-refractivity contribution in [2.75, 3.05) is 32.7 Å². The third-order valence-electron chi connectivity index (χ3n) is 3.82. The maximum Gasteiger partial charge on any atom is 0.244 e. The second kappa shape index (κ2) is 10.9. The van der Waals surface area contributed by atoms with Crippen molar-refractivity contribution in [3.8, 4) is 0 Å². The van der Waals surface area contributed by atoms with E-state index in [4.69, 9.17) is 0 Å². The van der Waals surface area contributed by atoms with E-state index in [1.165, 1.54) is 4.88 Å². The van der Waals surface area contributed by atoms with Crippen LogP contribution < -0.4 is 10.6 Å². The summed E-state index contributed by atoms with van der Waals surface area (Å²) < 4.78 is 0. The van der Waals surface area contributed by atoms with Crippen molar-refractivity contribution in [1.82, 2.24) is 20.5 Å². The summed E-state index contributed by atoms with van der Waals surface area (Å²) >= 11 is 1.74. The quantitative estimate of drug-likeness (QED) is 0.384. The minimum atomic E-state index is 0. The molecule has 0 aromatic carbocycles. The monoisotopic (exact) mass is 465 g/mol. The van der Waals surface area contributed by atoms with Gasteiger partial charge in [-0.2, -0.15) is 0 Å². The van der Waals surface area contributed by atoms with Crippen LogP contribution >= 0.6 is 35.3 Å². The van der Waals surface area contributed by atoms with Crippen molar-refractivity contribution in [1.29, 1.82) is 0 Å². The van der Waals surface area contributed by atoms with Gasteiger partial charge in [-0.1, -0.05) is 0 Å². The first-order chi connectivity index (χ1) is 11.1. The number of carbonyl (C=O) groups excluding carboxylic acids is 1. The molecule has 1 aromatic heterocycles. The van der Waals surface area contributed by atoms with E-state index in [-0.39, 0.29) is 36.4 Å². The van der Waals surface area contributed by atoms with Crippen LogP contribution in [0, 0.1) is 13.8 Å². The fourth-order valence-corrected chi connectivity index (χ4v) is 3.59. The molecule has 2 heterocycles. The second-order valence-electron chi connectivity index (χ2n) is 5.70. The third kappa shape index (κ3) is 6.54. The van der Waals surface area contributed by atoms with Crippen molar-refractivity contribution in [3.63, 3.8) is 0 Å². The Bertz CT molecular complexity index is 555. The van der Waals surface area contributed by atoms with Crippen LogP contribution in [0.25, 0.3) is 0 Å². The molecule has 1 saturated heterocycles. The summed E-state index contributed by atoms with van der Waals surface area (Å²) in [4.78, 5) is 24.1. The van der Waals surface area contributed by atoms with Gasteiger partial charge in [0.15, 0.2) is 5.96 Å². The molecule has 0 atom stereocenters. The van der Waals surface area contributed by atoms with Crippen LogP contribution in [0.5, 0.6) is 0 Å². The smallest absolute Gasteiger partial charge is 0.244 e. The van der Waals surface area contributed by atoms with Crippen molar-refractivity contribution in [2.45, 2.75) is 40.0 Å². The Morgan fingerprint density at radius 1 is 1.29 bits per heavy atom. The van der Waals surface area contributed by atoms with E-state index in [2.05, 4.69) is 20.6 Å². The number of guanidine groups is 1. The van der Waals surface area contributed by atoms with Crippen LogP contribution in [0.4, 0.5) is 0 Å². The zero-order valence-electron chi connectivity index (χ0n) is 14.7. The van der Waals surface area contributed by atoms with Gasteiger partial charge in [-0.15, -0.1) is 35.3 Å². The van der Waals surface area contributed by atoms with Gasteiger partial charge >= 0.3 is 0 Å². The van der Waals surface area contributed by atoms with Crippen molar-refractivity contribution in [2.24, 2.45) is 4.99 Å². The Morgan fingerprint density at radius 3 is 2.58 bits per heavy atom. The van der Waals surface area contributed by atoms with E-state index >= 15 is 0 Å². The van der Waals surface area contributed by atoms with Gasteiger partial charge in [0, 0.05) is 37.5 Å². The van der Waals surface area contributed by atoms with Crippen LogP contribution in [0.2, 0.25) is 0 Å². The Labute approximate surface area is 165 Å². The summed E-state index contributed by atoms with van der Waals surface area (Å²) in [6, 6.07) is 0. The van der Waals surface area contributed by atoms with Crippen LogP contribution in [0.1, 0.15) is 35.3 Å². The number of amides is 1. The molecule has 0 saturated carbocycles. The lowest BCUT2D eigenvalue weighted by atomic mass is 10.3. The molecule has 24 heavy (non-hydrogen) atoms. The summed E-state index contributed by atoms with van der Waals surface area (Å²) in [5.41, 5.74) is 1.11. The highest BCUT2D eigenvalue weighted by molar-refractivity contribution is 14.0. The standard InChI is InChI=1S/C16H27N5OS.HI/c1-4-17-16(19-11-15(22)21-9-5-6-10-21)18-8-7-14-12(2)20-13(3)23-14;/h4-11H2,1-3H3,(H2,17,18,19);1H. The normalized spacial score (nSPS) is 14.5. The molecule has 0 spiro atoms. The molecule has 0 unspecified atom stereocenters. The molecular formula is C16H28IN5OS. The van der Waals surface area contributed by atoms with E-state index in [0.29, 0.717) is 5.96 Å². The van der Waals surface area contributed by atoms with Gasteiger partial charge in [-0.05, 0) is 33.6 Å². The molecule has 2 N–H and O–H groups in total. The average Bonchev–Trinajstić information content (AvgIpc) is 3.15. The number of aryl methyl sites for hydroxylation is 2. The van der Waals surface area contributed by atoms with Gasteiger partial charge < -0.3 is 15.5 Å². The number of aliphatic imine (C=N–C) groups is 1. The summed E-state index contributed by atoms with van der Waals surface area (Å²) in [6.07, 6.45) is 3.14.